The van der Waals surface area contributed by atoms with Crippen LogP contribution in [0.4, 0.5) is 4.39 Å². The van der Waals surface area contributed by atoms with E-state index in [-0.39, 0.29) is 23.8 Å². The molecule has 142 valence electrons. The molecule has 7 nitrogen and oxygen atoms in total. The molecule has 0 fully saturated rings. The molecule has 0 saturated carbocycles. The number of nitrogens with one attached hydrogen (secondary N) is 1. The summed E-state index contributed by atoms with van der Waals surface area (Å²) < 4.78 is 21.6. The van der Waals surface area contributed by atoms with Crippen molar-refractivity contribution < 1.29 is 13.6 Å². The molecule has 8 heteroatoms. The minimum atomic E-state index is -0.377. The van der Waals surface area contributed by atoms with Gasteiger partial charge >= 0.3 is 0 Å². The normalized spacial score (nSPS) is 11.0. The van der Waals surface area contributed by atoms with Crippen LogP contribution in [0.15, 0.2) is 70.2 Å². The molecule has 3 heterocycles. The van der Waals surface area contributed by atoms with Crippen LogP contribution in [0.3, 0.4) is 0 Å². The van der Waals surface area contributed by atoms with Crippen molar-refractivity contribution in [3.63, 3.8) is 0 Å². The Kier molecular flexibility index (Phi) is 4.76. The van der Waals surface area contributed by atoms with Gasteiger partial charge in [0.25, 0.3) is 5.56 Å². The van der Waals surface area contributed by atoms with Crippen molar-refractivity contribution in [3.05, 3.63) is 77.2 Å². The van der Waals surface area contributed by atoms with Crippen LogP contribution in [0, 0.1) is 5.82 Å². The van der Waals surface area contributed by atoms with Gasteiger partial charge in [-0.3, -0.25) is 9.59 Å². The van der Waals surface area contributed by atoms with E-state index in [0.717, 1.165) is 15.6 Å². The quantitative estimate of drug-likeness (QED) is 0.557. The van der Waals surface area contributed by atoms with E-state index < -0.39 is 0 Å². The third kappa shape index (κ3) is 3.71. The van der Waals surface area contributed by atoms with Gasteiger partial charge in [-0.2, -0.15) is 5.10 Å². The van der Waals surface area contributed by atoms with Gasteiger partial charge in [0.15, 0.2) is 5.76 Å². The summed E-state index contributed by atoms with van der Waals surface area (Å²) in [5.74, 6) is -0.131. The number of nitrogens with zero attached hydrogens (tertiary/aromatic N) is 3. The molecule has 4 aromatic rings. The summed E-state index contributed by atoms with van der Waals surface area (Å²) in [6.07, 6.45) is 3.35. The van der Waals surface area contributed by atoms with Gasteiger partial charge in [0.05, 0.1) is 11.8 Å². The first kappa shape index (κ1) is 17.7. The van der Waals surface area contributed by atoms with Gasteiger partial charge in [-0.1, -0.05) is 0 Å². The first-order chi connectivity index (χ1) is 13.6. The maximum Gasteiger partial charge on any atom is 0.267 e. The number of hydrogen-bond acceptors (Lipinski definition) is 4. The number of benzene rings is 1. The van der Waals surface area contributed by atoms with Gasteiger partial charge in [-0.15, -0.1) is 0 Å². The molecule has 0 saturated heterocycles. The molecule has 0 aliphatic heterocycles. The summed E-state index contributed by atoms with van der Waals surface area (Å²) >= 11 is 0. The van der Waals surface area contributed by atoms with Crippen molar-refractivity contribution in [3.8, 4) is 11.5 Å². The van der Waals surface area contributed by atoms with Crippen molar-refractivity contribution in [2.45, 2.75) is 13.1 Å². The van der Waals surface area contributed by atoms with Crippen LogP contribution in [-0.2, 0) is 17.9 Å². The first-order valence-electron chi connectivity index (χ1n) is 8.73. The number of carbonyl (C=O) groups is 1. The average Bonchev–Trinajstić information content (AvgIpc) is 3.34. The molecular weight excluding hydrogens is 363 g/mol. The third-order valence-electron chi connectivity index (χ3n) is 4.34. The highest BCUT2D eigenvalue weighted by molar-refractivity contribution is 5.80. The number of aromatic nitrogens is 3. The summed E-state index contributed by atoms with van der Waals surface area (Å²) in [7, 11) is 0. The molecule has 0 aliphatic rings. The molecule has 1 amide bonds. The fraction of sp³-hybridized carbons (Fsp3) is 0.150. The predicted molar refractivity (Wildman–Crippen MR) is 101 cm³/mol. The second kappa shape index (κ2) is 7.51. The van der Waals surface area contributed by atoms with Gasteiger partial charge in [0.1, 0.15) is 18.1 Å². The minimum absolute atomic E-state index is 0.200. The summed E-state index contributed by atoms with van der Waals surface area (Å²) in [4.78, 5) is 24.2. The Bertz CT molecular complexity index is 1180. The average molecular weight is 380 g/mol. The smallest absolute Gasteiger partial charge is 0.267 e. The molecule has 28 heavy (non-hydrogen) atoms. The molecule has 0 bridgehead atoms. The van der Waals surface area contributed by atoms with Crippen LogP contribution >= 0.6 is 0 Å². The molecule has 0 unspecified atom stereocenters. The molecule has 1 aromatic carbocycles. The van der Waals surface area contributed by atoms with Gasteiger partial charge in [-0.25, -0.2) is 9.07 Å². The van der Waals surface area contributed by atoms with Crippen molar-refractivity contribution in [1.82, 2.24) is 19.7 Å². The molecule has 0 radical (unpaired) electrons. The molecule has 0 spiro atoms. The monoisotopic (exact) mass is 380 g/mol. The highest BCUT2D eigenvalue weighted by Gasteiger charge is 2.09. The Hall–Kier alpha value is -3.68. The van der Waals surface area contributed by atoms with E-state index in [1.54, 1.807) is 24.3 Å². The van der Waals surface area contributed by atoms with Crippen LogP contribution in [0.1, 0.15) is 0 Å². The summed E-state index contributed by atoms with van der Waals surface area (Å²) in [6.45, 7) is 0.619. The molecule has 1 N–H and O–H groups in total. The van der Waals surface area contributed by atoms with E-state index in [1.807, 2.05) is 16.8 Å². The highest BCUT2D eigenvalue weighted by Crippen LogP contribution is 2.17. The molecule has 3 aromatic heterocycles. The van der Waals surface area contributed by atoms with Crippen molar-refractivity contribution in [1.29, 1.82) is 0 Å². The summed E-state index contributed by atoms with van der Waals surface area (Å²) in [6, 6.07) is 12.8. The zero-order valence-electron chi connectivity index (χ0n) is 14.8. The first-order valence-corrected chi connectivity index (χ1v) is 8.73. The minimum Gasteiger partial charge on any atom is -0.463 e. The molecule has 4 rings (SSSR count). The van der Waals surface area contributed by atoms with Gasteiger partial charge < -0.3 is 14.3 Å². The summed E-state index contributed by atoms with van der Waals surface area (Å²) in [5, 5.41) is 7.85. The fourth-order valence-electron chi connectivity index (χ4n) is 2.98. The van der Waals surface area contributed by atoms with Crippen LogP contribution in [-0.4, -0.2) is 26.8 Å². The van der Waals surface area contributed by atoms with Crippen LogP contribution < -0.4 is 10.9 Å². The van der Waals surface area contributed by atoms with Crippen molar-refractivity contribution >= 4 is 16.8 Å². The number of furan rings is 1. The lowest BCUT2D eigenvalue weighted by Crippen LogP contribution is -2.35. The Labute approximate surface area is 159 Å². The van der Waals surface area contributed by atoms with E-state index >= 15 is 0 Å². The molecule has 0 aliphatic carbocycles. The number of amides is 1. The Balaban J connectivity index is 1.39. The second-order valence-electron chi connectivity index (χ2n) is 6.25. The SMILES string of the molecule is O=C(Cn1nc(-c2ccco2)ccc1=O)NCCn1ccc2ccc(F)cc21. The maximum absolute atomic E-state index is 13.4. The number of halogens is 1. The number of rotatable bonds is 6. The van der Waals surface area contributed by atoms with Crippen molar-refractivity contribution in [2.75, 3.05) is 6.54 Å². The lowest BCUT2D eigenvalue weighted by Gasteiger charge is -2.09. The van der Waals surface area contributed by atoms with Crippen molar-refractivity contribution in [2.24, 2.45) is 0 Å². The number of hydrogen-bond donors (Lipinski definition) is 1. The van der Waals surface area contributed by atoms with Gasteiger partial charge in [-0.05, 0) is 47.9 Å². The standard InChI is InChI=1S/C20H17FN4O3/c21-15-4-3-14-7-9-24(17(14)12-15)10-8-22-19(26)13-25-20(27)6-5-16(23-25)18-2-1-11-28-18/h1-7,9,11-12H,8,10,13H2,(H,22,26). The second-order valence-corrected chi connectivity index (χ2v) is 6.25. The largest absolute Gasteiger partial charge is 0.463 e. The Morgan fingerprint density at radius 1 is 1.18 bits per heavy atom. The van der Waals surface area contributed by atoms with E-state index in [1.165, 1.54) is 24.5 Å². The van der Waals surface area contributed by atoms with Crippen LogP contribution in [0.5, 0.6) is 0 Å². The lowest BCUT2D eigenvalue weighted by molar-refractivity contribution is -0.121. The zero-order valence-corrected chi connectivity index (χ0v) is 14.8. The topological polar surface area (TPSA) is 82.1 Å². The lowest BCUT2D eigenvalue weighted by atomic mass is 10.2. The number of fused-ring (bicyclic) bond motifs is 1. The van der Waals surface area contributed by atoms with E-state index in [4.69, 9.17) is 4.42 Å². The van der Waals surface area contributed by atoms with E-state index in [2.05, 4.69) is 10.4 Å². The summed E-state index contributed by atoms with van der Waals surface area (Å²) in [5.41, 5.74) is 0.855. The van der Waals surface area contributed by atoms with E-state index in [0.29, 0.717) is 24.5 Å². The Morgan fingerprint density at radius 2 is 2.07 bits per heavy atom. The van der Waals surface area contributed by atoms with Gasteiger partial charge in [0.2, 0.25) is 5.91 Å². The fourth-order valence-corrected chi connectivity index (χ4v) is 2.98. The van der Waals surface area contributed by atoms with Gasteiger partial charge in [0, 0.05) is 25.4 Å². The van der Waals surface area contributed by atoms with Crippen LogP contribution in [0.25, 0.3) is 22.4 Å². The highest BCUT2D eigenvalue weighted by atomic mass is 19.1. The number of carbonyl (C=O) groups excluding carboxylic acids is 1. The Morgan fingerprint density at radius 3 is 2.89 bits per heavy atom. The van der Waals surface area contributed by atoms with E-state index in [9.17, 15) is 14.0 Å². The maximum atomic E-state index is 13.4. The third-order valence-corrected chi connectivity index (χ3v) is 4.34. The predicted octanol–water partition coefficient (Wildman–Crippen LogP) is 2.41. The van der Waals surface area contributed by atoms with Crippen LogP contribution in [0.2, 0.25) is 0 Å². The molecular formula is C20H17FN4O3. The molecule has 0 atom stereocenters. The zero-order chi connectivity index (χ0) is 19.5.